The van der Waals surface area contributed by atoms with Crippen LogP contribution in [0.1, 0.15) is 34.0 Å². The average Bonchev–Trinajstić information content (AvgIpc) is 2.73. The summed E-state index contributed by atoms with van der Waals surface area (Å²) in [4.78, 5) is 35.1. The average molecular weight is 611 g/mol. The molecular weight excluding hydrogens is 592 g/mol. The van der Waals surface area contributed by atoms with E-state index in [-0.39, 0.29) is 127 Å². The molecule has 9 nitrogen and oxygen atoms in total. The Morgan fingerprint density at radius 3 is 2.00 bits per heavy atom. The Bertz CT molecular complexity index is 1550. The van der Waals surface area contributed by atoms with Crippen LogP contribution >= 0.6 is 23.2 Å². The molecule has 2 aromatic rings. The molecule has 0 amide bonds. The van der Waals surface area contributed by atoms with Crippen molar-refractivity contribution in [3.63, 3.8) is 0 Å². The molecule has 0 saturated heterocycles. The molecule has 0 aromatic heterocycles. The van der Waals surface area contributed by atoms with Crippen molar-refractivity contribution < 1.29 is 42.7 Å². The number of ketones is 1. The van der Waals surface area contributed by atoms with Crippen LogP contribution < -0.4 is 0 Å². The molecule has 3 rings (SSSR count). The second-order valence-corrected chi connectivity index (χ2v) is 9.73. The van der Waals surface area contributed by atoms with Gasteiger partial charge in [-0.1, -0.05) is 23.2 Å². The number of carboxylic acid groups (broad SMARTS) is 2. The molecule has 0 heterocycles. The van der Waals surface area contributed by atoms with Crippen LogP contribution in [0.3, 0.4) is 0 Å². The number of carbonyl (C=O) groups excluding carboxylic acids is 1. The van der Waals surface area contributed by atoms with E-state index in [0.29, 0.717) is 0 Å². The van der Waals surface area contributed by atoms with E-state index >= 15 is 0 Å². The summed E-state index contributed by atoms with van der Waals surface area (Å²) in [6, 6.07) is 4.50. The van der Waals surface area contributed by atoms with Crippen LogP contribution in [-0.2, 0) is 19.7 Å². The second-order valence-electron chi connectivity index (χ2n) is 7.55. The summed E-state index contributed by atoms with van der Waals surface area (Å²) in [7, 11) is -4.83. The minimum absolute atomic E-state index is 0. The van der Waals surface area contributed by atoms with Crippen molar-refractivity contribution >= 4 is 145 Å². The van der Waals surface area contributed by atoms with Crippen molar-refractivity contribution in [2.45, 2.75) is 18.7 Å². The number of aromatic carboxylic acids is 1. The number of aryl methyl sites for hydroxylation is 1. The van der Waals surface area contributed by atoms with Crippen LogP contribution in [-0.4, -0.2) is 135 Å². The van der Waals surface area contributed by atoms with Crippen molar-refractivity contribution in [3.05, 3.63) is 85.4 Å². The Labute approximate surface area is 294 Å². The predicted molar refractivity (Wildman–Crippen MR) is 148 cm³/mol. The van der Waals surface area contributed by atoms with Crippen LogP contribution in [0.25, 0.3) is 5.57 Å². The van der Waals surface area contributed by atoms with E-state index in [0.717, 1.165) is 24.3 Å². The summed E-state index contributed by atoms with van der Waals surface area (Å²) in [5.74, 6) is -4.30. The molecule has 1 aliphatic carbocycles. The molecule has 188 valence electrons. The number of aliphatic carboxylic acids is 1. The quantitative estimate of drug-likeness (QED) is 0.226. The Morgan fingerprint density at radius 2 is 1.50 bits per heavy atom. The van der Waals surface area contributed by atoms with Gasteiger partial charge in [0.2, 0.25) is 0 Å². The number of carboxylic acids is 2. The van der Waals surface area contributed by atoms with Crippen LogP contribution in [0.2, 0.25) is 10.0 Å². The molecule has 0 bridgehead atoms. The van der Waals surface area contributed by atoms with Gasteiger partial charge >= 0.3 is 101 Å². The fourth-order valence-electron chi connectivity index (χ4n) is 3.58. The van der Waals surface area contributed by atoms with Gasteiger partial charge in [-0.25, -0.2) is 9.59 Å². The number of aromatic hydroxyl groups is 1. The normalized spacial score (nSPS) is 14.2. The molecule has 4 N–H and O–H groups in total. The van der Waals surface area contributed by atoms with E-state index in [2.05, 4.69) is 0 Å². The number of phenols is 1. The summed E-state index contributed by atoms with van der Waals surface area (Å²) in [5, 5.41) is 28.6. The number of allylic oxidation sites excluding steroid dienone is 4. The first-order chi connectivity index (χ1) is 16.1. The van der Waals surface area contributed by atoms with E-state index in [9.17, 15) is 42.7 Å². The Hall–Kier alpha value is -0.440. The first-order valence-corrected chi connectivity index (χ1v) is 11.8. The van der Waals surface area contributed by atoms with Gasteiger partial charge in [-0.05, 0) is 78.1 Å². The van der Waals surface area contributed by atoms with E-state index < -0.39 is 54.6 Å². The van der Waals surface area contributed by atoms with E-state index in [1.54, 1.807) is 0 Å². The van der Waals surface area contributed by atoms with Gasteiger partial charge in [0.1, 0.15) is 21.8 Å². The molecule has 38 heavy (non-hydrogen) atoms. The van der Waals surface area contributed by atoms with E-state index in [1.807, 2.05) is 0 Å². The molecule has 2 aromatic carbocycles. The summed E-state index contributed by atoms with van der Waals surface area (Å²) >= 11 is 12.7. The number of benzene rings is 2. The van der Waals surface area contributed by atoms with Gasteiger partial charge in [0.05, 0.1) is 10.0 Å². The van der Waals surface area contributed by atoms with Crippen molar-refractivity contribution in [2.75, 3.05) is 0 Å². The maximum atomic E-state index is 12.4. The number of hydrogen-bond acceptors (Lipinski definition) is 6. The van der Waals surface area contributed by atoms with Crippen molar-refractivity contribution in [1.29, 1.82) is 0 Å². The Balaban J connectivity index is 0.00000456. The van der Waals surface area contributed by atoms with Crippen molar-refractivity contribution in [2.24, 2.45) is 0 Å². The first-order valence-electron chi connectivity index (χ1n) is 9.60. The number of halogens is 2. The van der Waals surface area contributed by atoms with E-state index in [4.69, 9.17) is 23.2 Å². The van der Waals surface area contributed by atoms with Crippen molar-refractivity contribution in [3.8, 4) is 5.75 Å². The number of hydrogen-bond donors (Lipinski definition) is 4. The second kappa shape index (κ2) is 14.5. The monoisotopic (exact) mass is 610 g/mol. The molecular formula is C23H19Cl2Na3O9S. The SMILES string of the molecule is CC1=C/C(=C(\c2cc(C)c(O)c(C(=O)O)c2)c2c(Cl)ccc(S(=O)(=O)O)c2Cl)C=C(C(=O)O)C1=O.[NaH].[NaH].[NaH]. The van der Waals surface area contributed by atoms with Gasteiger partial charge in [0.15, 0.2) is 5.78 Å². The van der Waals surface area contributed by atoms with Gasteiger partial charge in [-0.2, -0.15) is 8.42 Å². The molecule has 0 aliphatic heterocycles. The number of Topliss-reactive ketones (excluding diaryl/α,β-unsaturated/α-hetero) is 1. The maximum absolute atomic E-state index is 12.4. The van der Waals surface area contributed by atoms with E-state index in [1.165, 1.54) is 26.0 Å². The summed E-state index contributed by atoms with van der Waals surface area (Å²) in [6.45, 7) is 2.77. The van der Waals surface area contributed by atoms with Gasteiger partial charge in [-0.3, -0.25) is 9.35 Å². The fourth-order valence-corrected chi connectivity index (χ4v) is 5.00. The van der Waals surface area contributed by atoms with Crippen LogP contribution in [0.15, 0.2) is 58.0 Å². The van der Waals surface area contributed by atoms with Gasteiger partial charge in [0.25, 0.3) is 10.1 Å². The molecule has 0 unspecified atom stereocenters. The predicted octanol–water partition coefficient (Wildman–Crippen LogP) is 2.35. The van der Waals surface area contributed by atoms with Crippen molar-refractivity contribution in [1.82, 2.24) is 0 Å². The third-order valence-corrected chi connectivity index (χ3v) is 6.91. The fraction of sp³-hybridized carbons (Fsp3) is 0.0870. The summed E-state index contributed by atoms with van der Waals surface area (Å²) < 4.78 is 33.4. The van der Waals surface area contributed by atoms with Crippen LogP contribution in [0.5, 0.6) is 5.75 Å². The number of rotatable bonds is 5. The topological polar surface area (TPSA) is 166 Å². The third-order valence-electron chi connectivity index (χ3n) is 5.20. The molecule has 15 heteroatoms. The zero-order valence-corrected chi connectivity index (χ0v) is 20.3. The Kier molecular flexibility index (Phi) is 14.3. The molecule has 0 saturated carbocycles. The summed E-state index contributed by atoms with van der Waals surface area (Å²) in [5.41, 5.74) is -1.10. The first kappa shape index (κ1) is 37.6. The van der Waals surface area contributed by atoms with Crippen LogP contribution in [0.4, 0.5) is 0 Å². The van der Waals surface area contributed by atoms with Gasteiger partial charge < -0.3 is 15.3 Å². The molecule has 0 radical (unpaired) electrons. The zero-order valence-electron chi connectivity index (χ0n) is 18.0. The Morgan fingerprint density at radius 1 is 0.921 bits per heavy atom. The van der Waals surface area contributed by atoms with Gasteiger partial charge in [0, 0.05) is 5.56 Å². The minimum atomic E-state index is -4.83. The molecule has 0 fully saturated rings. The van der Waals surface area contributed by atoms with Crippen LogP contribution in [0, 0.1) is 6.92 Å². The molecule has 0 spiro atoms. The molecule has 1 aliphatic rings. The standard InChI is InChI=1S/C23H16Cl2O9S.3Na.3H/c1-9-5-11(7-13(20(9)26)22(28)29)17(12-6-10(2)21(27)14(8-12)23(30)31)18-15(24)3-4-16(19(18)25)35(32,33)34;;;;;;/h3-8,26H,1-2H3,(H,28,29)(H,30,31)(H,32,33,34);;;;;;/b17-12-;;;;;;. The summed E-state index contributed by atoms with van der Waals surface area (Å²) in [6.07, 6.45) is 2.32. The number of carbonyl (C=O) groups is 3. The molecule has 0 atom stereocenters. The third kappa shape index (κ3) is 7.64. The zero-order chi connectivity index (χ0) is 26.4. The van der Waals surface area contributed by atoms with Gasteiger partial charge in [-0.15, -0.1) is 0 Å².